The number of fused-ring (bicyclic) bond motifs is 1. The summed E-state index contributed by atoms with van der Waals surface area (Å²) in [5.41, 5.74) is 2.81. The third-order valence-corrected chi connectivity index (χ3v) is 6.69. The van der Waals surface area contributed by atoms with Gasteiger partial charge in [-0.05, 0) is 37.5 Å². The fourth-order valence-corrected chi connectivity index (χ4v) is 4.79. The standard InChI is InChI=1S/C24H25N3O4S/c1-16(23(28)26-18-9-10-21-22(12-18)31-15-30-21)32-24-25-13-20(17-6-3-2-4-7-17)27(24)14-19-8-5-11-29-19/h2-4,6-7,9-10,12-13,16,19H,5,8,11,14-15H2,1H3,(H,26,28)/t16-,19-/m0/s1. The topological polar surface area (TPSA) is 74.6 Å². The minimum Gasteiger partial charge on any atom is -0.454 e. The number of carbonyl (C=O) groups is 1. The number of benzene rings is 2. The first-order valence-corrected chi connectivity index (χ1v) is 11.6. The highest BCUT2D eigenvalue weighted by Crippen LogP contribution is 2.35. The van der Waals surface area contributed by atoms with Crippen molar-refractivity contribution in [1.29, 1.82) is 0 Å². The molecule has 1 amide bonds. The summed E-state index contributed by atoms with van der Waals surface area (Å²) in [5.74, 6) is 1.24. The predicted octanol–water partition coefficient (Wildman–Crippen LogP) is 4.58. The highest BCUT2D eigenvalue weighted by molar-refractivity contribution is 8.00. The van der Waals surface area contributed by atoms with Gasteiger partial charge in [0, 0.05) is 18.4 Å². The lowest BCUT2D eigenvalue weighted by Crippen LogP contribution is -2.23. The quantitative estimate of drug-likeness (QED) is 0.530. The van der Waals surface area contributed by atoms with Gasteiger partial charge in [0.05, 0.1) is 29.8 Å². The van der Waals surface area contributed by atoms with Gasteiger partial charge >= 0.3 is 0 Å². The smallest absolute Gasteiger partial charge is 0.237 e. The summed E-state index contributed by atoms with van der Waals surface area (Å²) in [6, 6.07) is 15.6. The molecular formula is C24H25N3O4S. The molecule has 166 valence electrons. The molecule has 32 heavy (non-hydrogen) atoms. The molecule has 0 saturated carbocycles. The van der Waals surface area contributed by atoms with Crippen LogP contribution in [0.3, 0.4) is 0 Å². The maximum Gasteiger partial charge on any atom is 0.237 e. The average Bonchev–Trinajstić information content (AvgIpc) is 3.56. The first-order valence-electron chi connectivity index (χ1n) is 10.8. The van der Waals surface area contributed by atoms with E-state index in [2.05, 4.69) is 27.0 Å². The molecular weight excluding hydrogens is 426 g/mol. The molecule has 2 aliphatic heterocycles. The number of amides is 1. The highest BCUT2D eigenvalue weighted by atomic mass is 32.2. The number of aromatic nitrogens is 2. The number of nitrogens with zero attached hydrogens (tertiary/aromatic N) is 2. The van der Waals surface area contributed by atoms with E-state index >= 15 is 0 Å². The van der Waals surface area contributed by atoms with Crippen molar-refractivity contribution in [1.82, 2.24) is 9.55 Å². The molecule has 2 aliphatic rings. The van der Waals surface area contributed by atoms with Gasteiger partial charge in [0.2, 0.25) is 12.7 Å². The van der Waals surface area contributed by atoms with Crippen LogP contribution in [0, 0.1) is 0 Å². The van der Waals surface area contributed by atoms with Crippen LogP contribution in [0.25, 0.3) is 11.3 Å². The monoisotopic (exact) mass is 451 g/mol. The van der Waals surface area contributed by atoms with Gasteiger partial charge in [-0.1, -0.05) is 42.1 Å². The molecule has 1 saturated heterocycles. The molecule has 1 aromatic heterocycles. The van der Waals surface area contributed by atoms with Crippen molar-refractivity contribution in [3.63, 3.8) is 0 Å². The summed E-state index contributed by atoms with van der Waals surface area (Å²) in [6.07, 6.45) is 4.17. The van der Waals surface area contributed by atoms with E-state index in [-0.39, 0.29) is 24.1 Å². The molecule has 1 N–H and O–H groups in total. The van der Waals surface area contributed by atoms with Crippen molar-refractivity contribution in [3.05, 3.63) is 54.7 Å². The molecule has 3 aromatic rings. The first kappa shape index (κ1) is 20.9. The summed E-state index contributed by atoms with van der Waals surface area (Å²) < 4.78 is 18.8. The van der Waals surface area contributed by atoms with Crippen molar-refractivity contribution in [3.8, 4) is 22.8 Å². The third kappa shape index (κ3) is 4.47. The lowest BCUT2D eigenvalue weighted by Gasteiger charge is -2.18. The highest BCUT2D eigenvalue weighted by Gasteiger charge is 2.24. The van der Waals surface area contributed by atoms with Crippen molar-refractivity contribution in [2.45, 2.75) is 42.8 Å². The Kier molecular flexibility index (Phi) is 6.05. The zero-order valence-electron chi connectivity index (χ0n) is 17.8. The van der Waals surface area contributed by atoms with Crippen LogP contribution in [0.2, 0.25) is 0 Å². The SMILES string of the molecule is C[C@H](Sc1ncc(-c2ccccc2)n1C[C@@H]1CCCO1)C(=O)Nc1ccc2c(c1)OCO2. The van der Waals surface area contributed by atoms with E-state index in [1.165, 1.54) is 11.8 Å². The van der Waals surface area contributed by atoms with E-state index in [0.717, 1.165) is 42.4 Å². The van der Waals surface area contributed by atoms with Crippen LogP contribution >= 0.6 is 11.8 Å². The molecule has 5 rings (SSSR count). The largest absolute Gasteiger partial charge is 0.454 e. The van der Waals surface area contributed by atoms with Crippen molar-refractivity contribution in [2.24, 2.45) is 0 Å². The number of imidazole rings is 1. The summed E-state index contributed by atoms with van der Waals surface area (Å²) in [4.78, 5) is 17.5. The van der Waals surface area contributed by atoms with Crippen LogP contribution in [-0.2, 0) is 16.1 Å². The molecule has 1 fully saturated rings. The Labute approximate surface area is 191 Å². The minimum atomic E-state index is -0.338. The van der Waals surface area contributed by atoms with E-state index in [0.29, 0.717) is 17.2 Å². The van der Waals surface area contributed by atoms with Crippen LogP contribution < -0.4 is 14.8 Å². The summed E-state index contributed by atoms with van der Waals surface area (Å²) >= 11 is 1.45. The molecule has 0 bridgehead atoms. The average molecular weight is 452 g/mol. The Morgan fingerprint density at radius 2 is 2.06 bits per heavy atom. The zero-order chi connectivity index (χ0) is 21.9. The van der Waals surface area contributed by atoms with Gasteiger partial charge in [-0.2, -0.15) is 0 Å². The Hall–Kier alpha value is -2.97. The molecule has 2 aromatic carbocycles. The van der Waals surface area contributed by atoms with Crippen LogP contribution in [0.15, 0.2) is 59.9 Å². The van der Waals surface area contributed by atoms with Gasteiger partial charge in [-0.25, -0.2) is 4.98 Å². The van der Waals surface area contributed by atoms with Gasteiger partial charge in [0.1, 0.15) is 0 Å². The molecule has 0 spiro atoms. The molecule has 0 aliphatic carbocycles. The van der Waals surface area contributed by atoms with Crippen molar-refractivity contribution < 1.29 is 19.0 Å². The summed E-state index contributed by atoms with van der Waals surface area (Å²) in [5, 5.41) is 3.44. The molecule has 8 heteroatoms. The fraction of sp³-hybridized carbons (Fsp3) is 0.333. The van der Waals surface area contributed by atoms with Gasteiger partial charge in [-0.3, -0.25) is 4.79 Å². The second-order valence-electron chi connectivity index (χ2n) is 7.86. The number of thioether (sulfide) groups is 1. The molecule has 3 heterocycles. The van der Waals surface area contributed by atoms with E-state index in [9.17, 15) is 4.79 Å². The lowest BCUT2D eigenvalue weighted by molar-refractivity contribution is -0.115. The number of rotatable bonds is 7. The Balaban J connectivity index is 1.33. The number of carbonyl (C=O) groups excluding carboxylic acids is 1. The summed E-state index contributed by atoms with van der Waals surface area (Å²) in [7, 11) is 0. The number of hydrogen-bond acceptors (Lipinski definition) is 6. The number of hydrogen-bond donors (Lipinski definition) is 1. The lowest BCUT2D eigenvalue weighted by atomic mass is 10.1. The van der Waals surface area contributed by atoms with E-state index in [1.807, 2.05) is 37.4 Å². The predicted molar refractivity (Wildman–Crippen MR) is 123 cm³/mol. The van der Waals surface area contributed by atoms with Crippen molar-refractivity contribution in [2.75, 3.05) is 18.7 Å². The van der Waals surface area contributed by atoms with E-state index in [4.69, 9.17) is 14.2 Å². The first-order chi connectivity index (χ1) is 15.7. The third-order valence-electron chi connectivity index (χ3n) is 5.59. The van der Waals surface area contributed by atoms with Gasteiger partial charge in [0.15, 0.2) is 16.7 Å². The van der Waals surface area contributed by atoms with Crippen LogP contribution in [-0.4, -0.2) is 40.2 Å². The normalized spacial score (nSPS) is 18.0. The van der Waals surface area contributed by atoms with Crippen LogP contribution in [0.4, 0.5) is 5.69 Å². The zero-order valence-corrected chi connectivity index (χ0v) is 18.6. The van der Waals surface area contributed by atoms with Crippen LogP contribution in [0.1, 0.15) is 19.8 Å². The van der Waals surface area contributed by atoms with E-state index < -0.39 is 0 Å². The Morgan fingerprint density at radius 3 is 2.88 bits per heavy atom. The molecule has 0 unspecified atom stereocenters. The molecule has 7 nitrogen and oxygen atoms in total. The second-order valence-corrected chi connectivity index (χ2v) is 9.16. The van der Waals surface area contributed by atoms with Gasteiger partial charge in [0.25, 0.3) is 0 Å². The summed E-state index contributed by atoms with van der Waals surface area (Å²) in [6.45, 7) is 3.62. The Bertz CT molecular complexity index is 1100. The number of ether oxygens (including phenoxy) is 3. The number of nitrogens with one attached hydrogen (secondary N) is 1. The second kappa shape index (κ2) is 9.26. The number of anilines is 1. The van der Waals surface area contributed by atoms with Gasteiger partial charge in [-0.15, -0.1) is 0 Å². The Morgan fingerprint density at radius 1 is 1.22 bits per heavy atom. The minimum absolute atomic E-state index is 0.0956. The fourth-order valence-electron chi connectivity index (χ4n) is 3.89. The molecule has 0 radical (unpaired) electrons. The maximum absolute atomic E-state index is 12.9. The van der Waals surface area contributed by atoms with Crippen molar-refractivity contribution >= 4 is 23.4 Å². The van der Waals surface area contributed by atoms with Gasteiger partial charge < -0.3 is 24.1 Å². The maximum atomic E-state index is 12.9. The van der Waals surface area contributed by atoms with E-state index in [1.54, 1.807) is 12.1 Å². The molecule has 2 atom stereocenters. The van der Waals surface area contributed by atoms with Crippen LogP contribution in [0.5, 0.6) is 11.5 Å².